The molecule has 1 heterocycles. The topological polar surface area (TPSA) is 127 Å². The molecule has 0 saturated heterocycles. The summed E-state index contributed by atoms with van der Waals surface area (Å²) in [5.74, 6) is -1.36. The minimum Gasteiger partial charge on any atom is -0.480 e. The molecule has 0 aromatic carbocycles. The molecule has 23 heavy (non-hydrogen) atoms. The number of nitrogens with zero attached hydrogens (tertiary/aromatic N) is 3. The minimum absolute atomic E-state index is 0.000982. The molecule has 1 aromatic heterocycles. The normalized spacial score (nSPS) is 12.2. The number of hydrogen-bond acceptors (Lipinski definition) is 5. The van der Waals surface area contributed by atoms with Crippen LogP contribution >= 0.6 is 0 Å². The quantitative estimate of drug-likeness (QED) is 0.549. The zero-order valence-corrected chi connectivity index (χ0v) is 13.7. The molecule has 0 aliphatic heterocycles. The molecule has 2 N–H and O–H groups in total. The third-order valence-corrected chi connectivity index (χ3v) is 3.42. The van der Waals surface area contributed by atoms with Crippen LogP contribution in [0.5, 0.6) is 0 Å². The Bertz CT molecular complexity index is 609. The molecule has 0 aliphatic carbocycles. The highest BCUT2D eigenvalue weighted by Gasteiger charge is 2.23. The number of nitrogens with one attached hydrogen (secondary N) is 1. The molecular weight excluding hydrogens is 304 g/mol. The van der Waals surface area contributed by atoms with Gasteiger partial charge in [-0.15, -0.1) is 0 Å². The van der Waals surface area contributed by atoms with Crippen molar-refractivity contribution in [3.05, 3.63) is 21.5 Å². The van der Waals surface area contributed by atoms with Gasteiger partial charge in [0.25, 0.3) is 0 Å². The fraction of sp³-hybridized carbons (Fsp3) is 0.643. The highest BCUT2D eigenvalue weighted by atomic mass is 16.6. The number of amides is 1. The third kappa shape index (κ3) is 5.04. The van der Waals surface area contributed by atoms with E-state index in [9.17, 15) is 19.7 Å². The summed E-state index contributed by atoms with van der Waals surface area (Å²) < 4.78 is 1.39. The van der Waals surface area contributed by atoms with Gasteiger partial charge < -0.3 is 10.4 Å². The van der Waals surface area contributed by atoms with E-state index < -0.39 is 22.8 Å². The summed E-state index contributed by atoms with van der Waals surface area (Å²) >= 11 is 0. The third-order valence-electron chi connectivity index (χ3n) is 3.42. The van der Waals surface area contributed by atoms with Crippen LogP contribution in [-0.4, -0.2) is 37.7 Å². The predicted molar refractivity (Wildman–Crippen MR) is 82.0 cm³/mol. The summed E-state index contributed by atoms with van der Waals surface area (Å²) in [5, 5.41) is 26.5. The first-order chi connectivity index (χ1) is 10.6. The maximum Gasteiger partial charge on any atom is 0.326 e. The number of nitro groups is 1. The van der Waals surface area contributed by atoms with E-state index in [1.165, 1.54) is 11.6 Å². The summed E-state index contributed by atoms with van der Waals surface area (Å²) in [4.78, 5) is 33.4. The number of carboxylic acids is 1. The van der Waals surface area contributed by atoms with E-state index in [1.54, 1.807) is 6.92 Å². The highest BCUT2D eigenvalue weighted by Crippen LogP contribution is 2.21. The van der Waals surface area contributed by atoms with Gasteiger partial charge in [-0.05, 0) is 26.2 Å². The first-order valence-electron chi connectivity index (χ1n) is 7.34. The average molecular weight is 326 g/mol. The second-order valence-corrected chi connectivity index (χ2v) is 5.84. The van der Waals surface area contributed by atoms with Crippen molar-refractivity contribution in [2.75, 3.05) is 0 Å². The molecule has 1 atom stereocenters. The molecule has 1 rings (SSSR count). The van der Waals surface area contributed by atoms with E-state index in [0.717, 1.165) is 0 Å². The van der Waals surface area contributed by atoms with E-state index >= 15 is 0 Å². The molecular formula is C14H22N4O5. The Kier molecular flexibility index (Phi) is 6.23. The Hall–Kier alpha value is -2.45. The summed E-state index contributed by atoms with van der Waals surface area (Å²) in [6.07, 6.45) is 0.341. The van der Waals surface area contributed by atoms with Gasteiger partial charge in [0.15, 0.2) is 0 Å². The average Bonchev–Trinajstić information content (AvgIpc) is 2.69. The predicted octanol–water partition coefficient (Wildman–Crippen LogP) is 1.41. The smallest absolute Gasteiger partial charge is 0.326 e. The van der Waals surface area contributed by atoms with Crippen LogP contribution in [0.25, 0.3) is 0 Å². The van der Waals surface area contributed by atoms with Crippen molar-refractivity contribution >= 4 is 17.6 Å². The number of carbonyl (C=O) groups excluding carboxylic acids is 1. The van der Waals surface area contributed by atoms with E-state index in [-0.39, 0.29) is 30.3 Å². The molecule has 0 radical (unpaired) electrons. The molecule has 0 bridgehead atoms. The maximum absolute atomic E-state index is 11.9. The first kappa shape index (κ1) is 18.6. The molecule has 0 aliphatic rings. The van der Waals surface area contributed by atoms with Crippen molar-refractivity contribution in [1.29, 1.82) is 0 Å². The summed E-state index contributed by atoms with van der Waals surface area (Å²) in [5.41, 5.74) is 0.599. The van der Waals surface area contributed by atoms with Crippen LogP contribution in [0.15, 0.2) is 0 Å². The number of carbonyl (C=O) groups is 2. The standard InChI is InChI=1S/C14H22N4O5/c1-8(2)7-11(14(20)21)15-12(19)5-6-17-10(4)13(18(22)23)9(3)16-17/h8,11H,5-7H2,1-4H3,(H,15,19)(H,20,21)/t11-/m0/s1. The summed E-state index contributed by atoms with van der Waals surface area (Å²) in [6.45, 7) is 6.99. The monoisotopic (exact) mass is 326 g/mol. The van der Waals surface area contributed by atoms with E-state index in [0.29, 0.717) is 12.1 Å². The fourth-order valence-corrected chi connectivity index (χ4v) is 2.34. The van der Waals surface area contributed by atoms with Crippen LogP contribution in [0.4, 0.5) is 5.69 Å². The molecule has 9 nitrogen and oxygen atoms in total. The van der Waals surface area contributed by atoms with Crippen LogP contribution in [0.2, 0.25) is 0 Å². The lowest BCUT2D eigenvalue weighted by molar-refractivity contribution is -0.386. The van der Waals surface area contributed by atoms with Gasteiger partial charge in [-0.3, -0.25) is 19.6 Å². The van der Waals surface area contributed by atoms with Gasteiger partial charge in [0.2, 0.25) is 5.91 Å². The summed E-state index contributed by atoms with van der Waals surface area (Å²) in [6, 6.07) is -0.933. The Morgan fingerprint density at radius 1 is 1.39 bits per heavy atom. The minimum atomic E-state index is -1.08. The van der Waals surface area contributed by atoms with E-state index in [2.05, 4.69) is 10.4 Å². The molecule has 0 saturated carbocycles. The maximum atomic E-state index is 11.9. The Morgan fingerprint density at radius 3 is 2.43 bits per heavy atom. The van der Waals surface area contributed by atoms with Gasteiger partial charge in [-0.25, -0.2) is 4.79 Å². The van der Waals surface area contributed by atoms with Gasteiger partial charge in [-0.1, -0.05) is 13.8 Å². The number of aliphatic carboxylic acids is 1. The second-order valence-electron chi connectivity index (χ2n) is 5.84. The molecule has 0 fully saturated rings. The lowest BCUT2D eigenvalue weighted by Gasteiger charge is -2.16. The Balaban J connectivity index is 2.68. The molecule has 0 unspecified atom stereocenters. The van der Waals surface area contributed by atoms with Crippen molar-refractivity contribution in [3.63, 3.8) is 0 Å². The van der Waals surface area contributed by atoms with Gasteiger partial charge in [0.1, 0.15) is 17.4 Å². The number of rotatable bonds is 8. The van der Waals surface area contributed by atoms with E-state index in [1.807, 2.05) is 13.8 Å². The number of aryl methyl sites for hydroxylation is 2. The van der Waals surface area contributed by atoms with Crippen molar-refractivity contribution in [2.45, 2.75) is 53.1 Å². The first-order valence-corrected chi connectivity index (χ1v) is 7.34. The molecule has 0 spiro atoms. The summed E-state index contributed by atoms with van der Waals surface area (Å²) in [7, 11) is 0. The largest absolute Gasteiger partial charge is 0.480 e. The number of aromatic nitrogens is 2. The molecule has 1 amide bonds. The van der Waals surface area contributed by atoms with Crippen LogP contribution in [0.3, 0.4) is 0 Å². The van der Waals surface area contributed by atoms with Gasteiger partial charge >= 0.3 is 11.7 Å². The number of carboxylic acid groups (broad SMARTS) is 1. The van der Waals surface area contributed by atoms with Crippen molar-refractivity contribution in [2.24, 2.45) is 5.92 Å². The molecule has 1 aromatic rings. The fourth-order valence-electron chi connectivity index (χ4n) is 2.34. The van der Waals surface area contributed by atoms with Crippen molar-refractivity contribution in [1.82, 2.24) is 15.1 Å². The zero-order chi connectivity index (χ0) is 17.7. The SMILES string of the molecule is Cc1nn(CCC(=O)N[C@@H](CC(C)C)C(=O)O)c(C)c1[N+](=O)[O-]. The second kappa shape index (κ2) is 7.70. The van der Waals surface area contributed by atoms with Crippen LogP contribution in [-0.2, 0) is 16.1 Å². The van der Waals surface area contributed by atoms with Crippen LogP contribution in [0.1, 0.15) is 38.1 Å². The van der Waals surface area contributed by atoms with Gasteiger partial charge in [0, 0.05) is 6.42 Å². The zero-order valence-electron chi connectivity index (χ0n) is 13.7. The van der Waals surface area contributed by atoms with Crippen molar-refractivity contribution < 1.29 is 19.6 Å². The van der Waals surface area contributed by atoms with Gasteiger partial charge in [0.05, 0.1) is 11.5 Å². The lowest BCUT2D eigenvalue weighted by atomic mass is 10.0. The van der Waals surface area contributed by atoms with E-state index in [4.69, 9.17) is 5.11 Å². The van der Waals surface area contributed by atoms with Crippen molar-refractivity contribution in [3.8, 4) is 0 Å². The van der Waals surface area contributed by atoms with Crippen LogP contribution < -0.4 is 5.32 Å². The Labute approximate surface area is 133 Å². The lowest BCUT2D eigenvalue weighted by Crippen LogP contribution is -2.41. The molecule has 9 heteroatoms. The highest BCUT2D eigenvalue weighted by molar-refractivity contribution is 5.83. The van der Waals surface area contributed by atoms with Crippen LogP contribution in [0, 0.1) is 29.9 Å². The Morgan fingerprint density at radius 2 is 2.00 bits per heavy atom. The number of hydrogen-bond donors (Lipinski definition) is 2. The van der Waals surface area contributed by atoms with Gasteiger partial charge in [-0.2, -0.15) is 5.10 Å². The molecule has 128 valence electrons.